The summed E-state index contributed by atoms with van der Waals surface area (Å²) in [4.78, 5) is 4.27. The van der Waals surface area contributed by atoms with Gasteiger partial charge in [-0.25, -0.2) is 0 Å². The summed E-state index contributed by atoms with van der Waals surface area (Å²) in [5.41, 5.74) is 0.460. The van der Waals surface area contributed by atoms with Crippen molar-refractivity contribution in [2.45, 2.75) is 25.4 Å². The predicted octanol–water partition coefficient (Wildman–Crippen LogP) is 1.74. The van der Waals surface area contributed by atoms with Crippen molar-refractivity contribution in [1.29, 1.82) is 0 Å². The Kier molecular flexibility index (Phi) is 4.22. The van der Waals surface area contributed by atoms with Gasteiger partial charge in [0.05, 0.1) is 5.69 Å². The molecule has 8 nitrogen and oxygen atoms in total. The third-order valence-corrected chi connectivity index (χ3v) is 4.82. The molecule has 3 rings (SSSR count). The number of anilines is 1. The molecule has 0 saturated heterocycles. The van der Waals surface area contributed by atoms with Crippen LogP contribution in [0.3, 0.4) is 0 Å². The zero-order chi connectivity index (χ0) is 16.4. The van der Waals surface area contributed by atoms with Gasteiger partial charge in [0.1, 0.15) is 5.75 Å². The predicted molar refractivity (Wildman–Crippen MR) is 83.3 cm³/mol. The normalized spacial score (nSPS) is 14.9. The molecule has 0 unspecified atom stereocenters. The monoisotopic (exact) mass is 338 g/mol. The van der Waals surface area contributed by atoms with E-state index in [-0.39, 0.29) is 6.61 Å². The molecule has 9 heteroatoms. The van der Waals surface area contributed by atoms with E-state index in [0.717, 1.165) is 17.1 Å². The first-order chi connectivity index (χ1) is 10.9. The zero-order valence-electron chi connectivity index (χ0n) is 12.9. The minimum atomic E-state index is -3.51. The first-order valence-corrected chi connectivity index (χ1v) is 8.63. The van der Waals surface area contributed by atoms with Crippen molar-refractivity contribution >= 4 is 15.9 Å². The smallest absolute Gasteiger partial charge is 0.301 e. The van der Waals surface area contributed by atoms with Crippen LogP contribution < -0.4 is 9.46 Å². The van der Waals surface area contributed by atoms with Crippen LogP contribution in [0.1, 0.15) is 30.5 Å². The average molecular weight is 338 g/mol. The van der Waals surface area contributed by atoms with Gasteiger partial charge in [-0.05, 0) is 37.1 Å². The number of hydrogen-bond donors (Lipinski definition) is 1. The number of rotatable bonds is 7. The van der Waals surface area contributed by atoms with Crippen molar-refractivity contribution in [2.75, 3.05) is 18.8 Å². The number of nitrogens with one attached hydrogen (secondary N) is 1. The molecule has 1 heterocycles. The van der Waals surface area contributed by atoms with Gasteiger partial charge in [-0.1, -0.05) is 5.16 Å². The van der Waals surface area contributed by atoms with Gasteiger partial charge in [-0.2, -0.15) is 17.7 Å². The quantitative estimate of drug-likeness (QED) is 0.826. The van der Waals surface area contributed by atoms with E-state index in [1.165, 1.54) is 14.1 Å². The lowest BCUT2D eigenvalue weighted by Gasteiger charge is -2.13. The maximum atomic E-state index is 11.7. The summed E-state index contributed by atoms with van der Waals surface area (Å²) >= 11 is 0. The highest BCUT2D eigenvalue weighted by atomic mass is 32.2. The van der Waals surface area contributed by atoms with Gasteiger partial charge >= 0.3 is 10.2 Å². The molecule has 0 spiro atoms. The van der Waals surface area contributed by atoms with Crippen molar-refractivity contribution in [3.63, 3.8) is 0 Å². The van der Waals surface area contributed by atoms with Crippen LogP contribution in [-0.4, -0.2) is 37.0 Å². The van der Waals surface area contributed by atoms with Crippen LogP contribution in [0, 0.1) is 0 Å². The highest BCUT2D eigenvalue weighted by molar-refractivity contribution is 7.90. The molecule has 0 bridgehead atoms. The minimum Gasteiger partial charge on any atom is -0.485 e. The number of ether oxygens (including phenoxy) is 1. The van der Waals surface area contributed by atoms with Crippen LogP contribution in [0.5, 0.6) is 5.75 Å². The van der Waals surface area contributed by atoms with Gasteiger partial charge in [0.25, 0.3) is 0 Å². The summed E-state index contributed by atoms with van der Waals surface area (Å²) in [7, 11) is -0.591. The lowest BCUT2D eigenvalue weighted by atomic mass is 10.3. The molecule has 1 N–H and O–H groups in total. The third-order valence-electron chi connectivity index (χ3n) is 3.36. The van der Waals surface area contributed by atoms with E-state index in [2.05, 4.69) is 14.9 Å². The second kappa shape index (κ2) is 6.17. The molecule has 0 amide bonds. The number of benzene rings is 1. The van der Waals surface area contributed by atoms with Crippen LogP contribution in [0.25, 0.3) is 0 Å². The van der Waals surface area contributed by atoms with Crippen molar-refractivity contribution in [3.05, 3.63) is 36.0 Å². The molecular weight excluding hydrogens is 320 g/mol. The SMILES string of the molecule is CN(C)S(=O)(=O)Nc1ccc(OCc2noc(C3CC3)n2)cc1. The minimum absolute atomic E-state index is 0.207. The van der Waals surface area contributed by atoms with Crippen molar-refractivity contribution in [3.8, 4) is 5.75 Å². The first-order valence-electron chi connectivity index (χ1n) is 7.19. The van der Waals surface area contributed by atoms with E-state index >= 15 is 0 Å². The summed E-state index contributed by atoms with van der Waals surface area (Å²) in [5, 5.41) is 3.87. The van der Waals surface area contributed by atoms with E-state index in [0.29, 0.717) is 29.1 Å². The average Bonchev–Trinajstić information content (AvgIpc) is 3.25. The molecule has 1 aliphatic rings. The number of hydrogen-bond acceptors (Lipinski definition) is 6. The van der Waals surface area contributed by atoms with Gasteiger partial charge in [0.2, 0.25) is 11.7 Å². The Morgan fingerprint density at radius 3 is 2.61 bits per heavy atom. The molecule has 1 aromatic heterocycles. The summed E-state index contributed by atoms with van der Waals surface area (Å²) in [6.45, 7) is 0.207. The Morgan fingerprint density at radius 1 is 1.30 bits per heavy atom. The van der Waals surface area contributed by atoms with Crippen molar-refractivity contribution in [2.24, 2.45) is 0 Å². The molecule has 1 aromatic carbocycles. The fourth-order valence-corrected chi connectivity index (χ4v) is 2.45. The van der Waals surface area contributed by atoms with Gasteiger partial charge in [0, 0.05) is 20.0 Å². The largest absolute Gasteiger partial charge is 0.485 e. The Balaban J connectivity index is 1.56. The van der Waals surface area contributed by atoms with E-state index in [1.807, 2.05) is 0 Å². The second-order valence-electron chi connectivity index (χ2n) is 5.53. The molecule has 2 aromatic rings. The van der Waals surface area contributed by atoms with Crippen LogP contribution >= 0.6 is 0 Å². The molecular formula is C14H18N4O4S. The van der Waals surface area contributed by atoms with Crippen LogP contribution in [-0.2, 0) is 16.8 Å². The Labute approximate surface area is 134 Å². The maximum Gasteiger partial charge on any atom is 0.301 e. The summed E-state index contributed by atoms with van der Waals surface area (Å²) in [5.74, 6) is 2.19. The summed E-state index contributed by atoms with van der Waals surface area (Å²) < 4.78 is 37.7. The lowest BCUT2D eigenvalue weighted by Crippen LogP contribution is -2.28. The van der Waals surface area contributed by atoms with Crippen molar-refractivity contribution < 1.29 is 17.7 Å². The topological polar surface area (TPSA) is 97.6 Å². The molecule has 23 heavy (non-hydrogen) atoms. The summed E-state index contributed by atoms with van der Waals surface area (Å²) in [6.07, 6.45) is 2.21. The highest BCUT2D eigenvalue weighted by Gasteiger charge is 2.29. The Hall–Kier alpha value is -2.13. The fourth-order valence-electron chi connectivity index (χ4n) is 1.83. The van der Waals surface area contributed by atoms with Gasteiger partial charge in [-0.15, -0.1) is 0 Å². The van der Waals surface area contributed by atoms with Crippen LogP contribution in [0.15, 0.2) is 28.8 Å². The van der Waals surface area contributed by atoms with Gasteiger partial charge in [0.15, 0.2) is 6.61 Å². The van der Waals surface area contributed by atoms with E-state index in [4.69, 9.17) is 9.26 Å². The van der Waals surface area contributed by atoms with E-state index < -0.39 is 10.2 Å². The molecule has 0 radical (unpaired) electrons. The maximum absolute atomic E-state index is 11.7. The van der Waals surface area contributed by atoms with E-state index in [9.17, 15) is 8.42 Å². The fraction of sp³-hybridized carbons (Fsp3) is 0.429. The third kappa shape index (κ3) is 3.99. The molecule has 1 aliphatic carbocycles. The summed E-state index contributed by atoms with van der Waals surface area (Å²) in [6, 6.07) is 6.61. The van der Waals surface area contributed by atoms with Crippen LogP contribution in [0.4, 0.5) is 5.69 Å². The first kappa shape index (κ1) is 15.8. The molecule has 1 saturated carbocycles. The Bertz CT molecular complexity index is 766. The standard InChI is InChI=1S/C14H18N4O4S/c1-18(2)23(19,20)17-11-5-7-12(8-6-11)21-9-13-15-14(22-16-13)10-3-4-10/h5-8,10,17H,3-4,9H2,1-2H3. The highest BCUT2D eigenvalue weighted by Crippen LogP contribution is 2.38. The van der Waals surface area contributed by atoms with Gasteiger partial charge < -0.3 is 9.26 Å². The van der Waals surface area contributed by atoms with Crippen molar-refractivity contribution in [1.82, 2.24) is 14.4 Å². The second-order valence-corrected chi connectivity index (χ2v) is 7.41. The molecule has 0 atom stereocenters. The Morgan fingerprint density at radius 2 is 2.00 bits per heavy atom. The van der Waals surface area contributed by atoms with Crippen LogP contribution in [0.2, 0.25) is 0 Å². The van der Waals surface area contributed by atoms with E-state index in [1.54, 1.807) is 24.3 Å². The molecule has 124 valence electrons. The molecule has 1 fully saturated rings. The lowest BCUT2D eigenvalue weighted by molar-refractivity contribution is 0.285. The molecule has 0 aliphatic heterocycles. The van der Waals surface area contributed by atoms with Gasteiger partial charge in [-0.3, -0.25) is 4.72 Å². The number of nitrogens with zero attached hydrogens (tertiary/aromatic N) is 3. The number of aromatic nitrogens is 2. The zero-order valence-corrected chi connectivity index (χ0v) is 13.7.